The molecule has 0 aromatic carbocycles. The number of nitrogens with one attached hydrogen (secondary N) is 1. The van der Waals surface area contributed by atoms with Crippen molar-refractivity contribution in [3.63, 3.8) is 0 Å². The van der Waals surface area contributed by atoms with Gasteiger partial charge in [-0.05, 0) is 38.2 Å². The van der Waals surface area contributed by atoms with Crippen molar-refractivity contribution in [2.24, 2.45) is 16.5 Å². The number of rotatable bonds is 17. The fraction of sp³-hybridized carbons (Fsp3) is 0.800. The van der Waals surface area contributed by atoms with Crippen LogP contribution >= 0.6 is 0 Å². The number of nitrogens with zero attached hydrogens (tertiary/aromatic N) is 2. The minimum atomic E-state index is -0.674. The molecule has 2 heterocycles. The van der Waals surface area contributed by atoms with Gasteiger partial charge in [0.25, 0.3) is 0 Å². The molecule has 178 valence electrons. The van der Waals surface area contributed by atoms with Crippen LogP contribution in [0.25, 0.3) is 0 Å². The first kappa shape index (κ1) is 25.9. The van der Waals surface area contributed by atoms with Crippen molar-refractivity contribution in [2.45, 2.75) is 102 Å². The average molecular weight is 435 g/mol. The number of unbranched alkanes of at least 4 members (excludes halogenated alkanes) is 10. The Labute approximate surface area is 190 Å². The third-order valence-electron chi connectivity index (χ3n) is 6.87. The molecule has 0 saturated carbocycles. The lowest BCUT2D eigenvalue weighted by Crippen LogP contribution is -3.24. The first-order valence-electron chi connectivity index (χ1n) is 12.7. The molecule has 0 radical (unpaired) electrons. The number of nitrogens with two attached hydrogens (primary N) is 2. The smallest absolute Gasteiger partial charge is 0.220 e. The second-order valence-electron chi connectivity index (χ2n) is 9.42. The highest BCUT2D eigenvalue weighted by atomic mass is 16.3. The highest BCUT2D eigenvalue weighted by molar-refractivity contribution is 5.75. The van der Waals surface area contributed by atoms with E-state index in [1.165, 1.54) is 56.3 Å². The minimum absolute atomic E-state index is 0.177. The van der Waals surface area contributed by atoms with E-state index in [-0.39, 0.29) is 5.96 Å². The Morgan fingerprint density at radius 1 is 1.06 bits per heavy atom. The Morgan fingerprint density at radius 2 is 1.74 bits per heavy atom. The number of quaternary nitrogens is 1. The molecule has 3 unspecified atom stereocenters. The maximum Gasteiger partial charge on any atom is 0.220 e. The number of aliphatic imine (C=N–C) groups is 1. The van der Waals surface area contributed by atoms with Crippen molar-refractivity contribution in [2.75, 3.05) is 26.2 Å². The summed E-state index contributed by atoms with van der Waals surface area (Å²) in [4.78, 5) is 7.93. The van der Waals surface area contributed by atoms with E-state index in [2.05, 4.69) is 28.6 Å². The molecule has 2 aliphatic heterocycles. The first-order chi connectivity index (χ1) is 15.1. The summed E-state index contributed by atoms with van der Waals surface area (Å²) in [7, 11) is 0. The lowest BCUT2D eigenvalue weighted by atomic mass is 10.0. The van der Waals surface area contributed by atoms with Gasteiger partial charge in [-0.15, -0.1) is 6.58 Å². The van der Waals surface area contributed by atoms with Gasteiger partial charge in [-0.1, -0.05) is 51.0 Å². The van der Waals surface area contributed by atoms with Crippen molar-refractivity contribution < 1.29 is 10.0 Å². The number of hydrogen-bond acceptors (Lipinski definition) is 3. The van der Waals surface area contributed by atoms with Crippen LogP contribution in [-0.2, 0) is 0 Å². The maximum absolute atomic E-state index is 11.3. The van der Waals surface area contributed by atoms with Gasteiger partial charge in [-0.25, -0.2) is 0 Å². The zero-order valence-corrected chi connectivity index (χ0v) is 19.7. The Balaban J connectivity index is 1.59. The van der Waals surface area contributed by atoms with Gasteiger partial charge >= 0.3 is 0 Å². The van der Waals surface area contributed by atoms with Gasteiger partial charge in [0.2, 0.25) is 5.72 Å². The second-order valence-corrected chi connectivity index (χ2v) is 9.42. The van der Waals surface area contributed by atoms with Crippen LogP contribution in [0.2, 0.25) is 0 Å². The highest BCUT2D eigenvalue weighted by Crippen LogP contribution is 2.21. The molecular weight excluding hydrogens is 386 g/mol. The summed E-state index contributed by atoms with van der Waals surface area (Å²) in [6.07, 6.45) is 23.7. The van der Waals surface area contributed by atoms with Gasteiger partial charge in [-0.2, -0.15) is 0 Å². The SMILES string of the molecule is C=CCCCCCCCCCCCC1(O)C=CC2N(CCCCN=C(N)N)CCC[NH+]21. The third kappa shape index (κ3) is 9.34. The van der Waals surface area contributed by atoms with Crippen LogP contribution in [0.5, 0.6) is 0 Å². The van der Waals surface area contributed by atoms with Crippen LogP contribution in [0, 0.1) is 0 Å². The zero-order chi connectivity index (χ0) is 22.4. The van der Waals surface area contributed by atoms with Gasteiger partial charge in [0, 0.05) is 38.6 Å². The quantitative estimate of drug-likeness (QED) is 0.123. The molecule has 6 N–H and O–H groups in total. The standard InChI is InChI=1S/C25H47N5O/c1-2-3-4-5-6-7-8-9-10-11-12-17-25(31)18-16-23-29(21-15-22-30(23)25)20-14-13-19-28-24(26)27/h2,16,18,23,31H,1,3-15,17,19-22H2,(H4,26,27,28)/p+1. The van der Waals surface area contributed by atoms with E-state index in [9.17, 15) is 5.11 Å². The van der Waals surface area contributed by atoms with Crippen LogP contribution in [0.1, 0.15) is 89.9 Å². The highest BCUT2D eigenvalue weighted by Gasteiger charge is 2.48. The zero-order valence-electron chi connectivity index (χ0n) is 19.7. The van der Waals surface area contributed by atoms with Gasteiger partial charge in [-0.3, -0.25) is 14.8 Å². The molecule has 0 aromatic rings. The minimum Gasteiger partial charge on any atom is -0.370 e. The summed E-state index contributed by atoms with van der Waals surface area (Å²) < 4.78 is 0. The van der Waals surface area contributed by atoms with E-state index in [0.29, 0.717) is 12.7 Å². The summed E-state index contributed by atoms with van der Waals surface area (Å²) in [5.74, 6) is 0.177. The molecule has 2 aliphatic rings. The fourth-order valence-electron chi connectivity index (χ4n) is 5.10. The second kappa shape index (κ2) is 14.6. The fourth-order valence-corrected chi connectivity index (χ4v) is 5.10. The number of guanidine groups is 1. The van der Waals surface area contributed by atoms with Crippen LogP contribution in [0.15, 0.2) is 29.8 Å². The van der Waals surface area contributed by atoms with E-state index >= 15 is 0 Å². The van der Waals surface area contributed by atoms with E-state index in [1.807, 2.05) is 6.08 Å². The van der Waals surface area contributed by atoms with Crippen molar-refractivity contribution in [3.8, 4) is 0 Å². The molecule has 1 fully saturated rings. The Kier molecular flexibility index (Phi) is 12.2. The largest absolute Gasteiger partial charge is 0.370 e. The van der Waals surface area contributed by atoms with Crippen molar-refractivity contribution in [1.82, 2.24) is 4.90 Å². The Morgan fingerprint density at radius 3 is 2.42 bits per heavy atom. The van der Waals surface area contributed by atoms with E-state index in [0.717, 1.165) is 58.2 Å². The van der Waals surface area contributed by atoms with Gasteiger partial charge in [0.15, 0.2) is 12.1 Å². The number of aliphatic hydroxyl groups is 1. The van der Waals surface area contributed by atoms with Crippen molar-refractivity contribution in [1.29, 1.82) is 0 Å². The molecule has 2 rings (SSSR count). The summed E-state index contributed by atoms with van der Waals surface area (Å²) in [6, 6.07) is 0. The lowest BCUT2D eigenvalue weighted by Gasteiger charge is -2.42. The van der Waals surface area contributed by atoms with Gasteiger partial charge in [0.1, 0.15) is 0 Å². The van der Waals surface area contributed by atoms with Crippen LogP contribution in [-0.4, -0.2) is 54.0 Å². The number of allylic oxidation sites excluding steroid dienone is 1. The molecule has 0 aromatic heterocycles. The topological polar surface area (TPSA) is 92.3 Å². The van der Waals surface area contributed by atoms with E-state index in [1.54, 1.807) is 0 Å². The third-order valence-corrected chi connectivity index (χ3v) is 6.87. The summed E-state index contributed by atoms with van der Waals surface area (Å²) in [5.41, 5.74) is 10.1. The Hall–Kier alpha value is -1.37. The first-order valence-corrected chi connectivity index (χ1v) is 12.7. The normalized spacial score (nSPS) is 25.5. The van der Waals surface area contributed by atoms with Crippen molar-refractivity contribution >= 4 is 5.96 Å². The summed E-state index contributed by atoms with van der Waals surface area (Å²) >= 11 is 0. The van der Waals surface area contributed by atoms with Crippen LogP contribution in [0.3, 0.4) is 0 Å². The predicted molar refractivity (Wildman–Crippen MR) is 131 cm³/mol. The van der Waals surface area contributed by atoms with E-state index in [4.69, 9.17) is 11.5 Å². The number of fused-ring (bicyclic) bond motifs is 1. The van der Waals surface area contributed by atoms with Crippen molar-refractivity contribution in [3.05, 3.63) is 24.8 Å². The average Bonchev–Trinajstić information content (AvgIpc) is 3.09. The maximum atomic E-state index is 11.3. The molecule has 0 bridgehead atoms. The van der Waals surface area contributed by atoms with E-state index < -0.39 is 5.72 Å². The monoisotopic (exact) mass is 434 g/mol. The molecule has 31 heavy (non-hydrogen) atoms. The molecule has 0 aliphatic carbocycles. The number of hydrogen-bond donors (Lipinski definition) is 4. The molecule has 6 nitrogen and oxygen atoms in total. The predicted octanol–water partition coefficient (Wildman–Crippen LogP) is 2.69. The van der Waals surface area contributed by atoms with Crippen LogP contribution < -0.4 is 16.4 Å². The Bertz CT molecular complexity index is 560. The van der Waals surface area contributed by atoms with Crippen LogP contribution in [0.4, 0.5) is 0 Å². The molecule has 1 saturated heterocycles. The molecule has 6 heteroatoms. The molecule has 0 amide bonds. The van der Waals surface area contributed by atoms with Gasteiger partial charge < -0.3 is 16.6 Å². The van der Waals surface area contributed by atoms with Gasteiger partial charge in [0.05, 0.1) is 6.54 Å². The molecule has 0 spiro atoms. The molecular formula is C25H48N5O+. The summed E-state index contributed by atoms with van der Waals surface area (Å²) in [5, 5.41) is 11.3. The summed E-state index contributed by atoms with van der Waals surface area (Å²) in [6.45, 7) is 7.70. The lowest BCUT2D eigenvalue weighted by molar-refractivity contribution is -0.995. The molecule has 3 atom stereocenters.